The van der Waals surface area contributed by atoms with Gasteiger partial charge in [-0.05, 0) is 63.7 Å². The van der Waals surface area contributed by atoms with Gasteiger partial charge in [0.1, 0.15) is 5.60 Å². The molecule has 2 aromatic heterocycles. The van der Waals surface area contributed by atoms with Crippen LogP contribution in [0.3, 0.4) is 0 Å². The number of rotatable bonds is 10. The van der Waals surface area contributed by atoms with Crippen molar-refractivity contribution in [3.8, 4) is 16.3 Å². The molecular weight excluding hydrogens is 605 g/mol. The van der Waals surface area contributed by atoms with Crippen molar-refractivity contribution >= 4 is 40.9 Å². The molecule has 1 unspecified atom stereocenters. The van der Waals surface area contributed by atoms with Crippen LogP contribution in [-0.4, -0.2) is 90.7 Å². The summed E-state index contributed by atoms with van der Waals surface area (Å²) in [6.07, 6.45) is 9.73. The zero-order valence-electron chi connectivity index (χ0n) is 26.5. The number of nitrogens with one attached hydrogen (secondary N) is 2. The Kier molecular flexibility index (Phi) is 9.48. The van der Waals surface area contributed by atoms with Crippen molar-refractivity contribution < 1.29 is 18.7 Å². The van der Waals surface area contributed by atoms with Crippen LogP contribution < -0.4 is 15.4 Å². The van der Waals surface area contributed by atoms with E-state index in [1.807, 2.05) is 55.2 Å². The number of aliphatic imine (C=N–C) groups is 1. The number of hydrogen-bond donors (Lipinski definition) is 2. The van der Waals surface area contributed by atoms with Crippen molar-refractivity contribution in [2.24, 2.45) is 4.99 Å². The second-order valence-electron chi connectivity index (χ2n) is 12.5. The summed E-state index contributed by atoms with van der Waals surface area (Å²) >= 11 is 1.55. The summed E-state index contributed by atoms with van der Waals surface area (Å²) in [6.45, 7) is 6.52. The van der Waals surface area contributed by atoms with E-state index in [1.165, 1.54) is 6.07 Å². The average Bonchev–Trinajstić information content (AvgIpc) is 3.72. The number of piperazine rings is 1. The van der Waals surface area contributed by atoms with Crippen LogP contribution in [0.2, 0.25) is 0 Å². The molecule has 3 amide bonds. The van der Waals surface area contributed by atoms with Gasteiger partial charge in [-0.2, -0.15) is 0 Å². The second-order valence-corrected chi connectivity index (χ2v) is 13.6. The molecule has 0 radical (unpaired) electrons. The van der Waals surface area contributed by atoms with Gasteiger partial charge in [0.15, 0.2) is 11.6 Å². The van der Waals surface area contributed by atoms with Gasteiger partial charge >= 0.3 is 6.03 Å². The number of halogens is 1. The van der Waals surface area contributed by atoms with Crippen molar-refractivity contribution in [2.75, 3.05) is 52.1 Å². The molecule has 242 valence electrons. The smallest absolute Gasteiger partial charge is 0.319 e. The number of carbonyl (C=O) groups is 2. The Labute approximate surface area is 273 Å². The Bertz CT molecular complexity index is 1630. The lowest BCUT2D eigenvalue weighted by Crippen LogP contribution is -2.47. The highest BCUT2D eigenvalue weighted by Gasteiger charge is 2.36. The molecule has 46 heavy (non-hydrogen) atoms. The minimum atomic E-state index is -0.815. The normalized spacial score (nSPS) is 19.8. The van der Waals surface area contributed by atoms with E-state index >= 15 is 4.39 Å². The molecular formula is C34H40FN7O3S. The molecule has 10 nitrogen and oxygen atoms in total. The lowest BCUT2D eigenvalue weighted by molar-refractivity contribution is -0.127. The molecule has 0 spiro atoms. The first-order chi connectivity index (χ1) is 22.1. The van der Waals surface area contributed by atoms with Crippen LogP contribution in [0.4, 0.5) is 20.6 Å². The van der Waals surface area contributed by atoms with E-state index in [0.29, 0.717) is 25.2 Å². The van der Waals surface area contributed by atoms with E-state index in [9.17, 15) is 9.59 Å². The van der Waals surface area contributed by atoms with Gasteiger partial charge in [0.25, 0.3) is 0 Å². The summed E-state index contributed by atoms with van der Waals surface area (Å²) in [6, 6.07) is 10.5. The first kappa shape index (κ1) is 31.8. The van der Waals surface area contributed by atoms with E-state index in [-0.39, 0.29) is 23.7 Å². The number of urea groups is 1. The number of benzene rings is 1. The molecule has 2 N–H and O–H groups in total. The summed E-state index contributed by atoms with van der Waals surface area (Å²) < 4.78 is 21.4. The molecule has 12 heteroatoms. The third-order valence-corrected chi connectivity index (χ3v) is 9.63. The first-order valence-corrected chi connectivity index (χ1v) is 16.5. The van der Waals surface area contributed by atoms with E-state index in [2.05, 4.69) is 26.6 Å². The van der Waals surface area contributed by atoms with Crippen LogP contribution in [0.15, 0.2) is 59.7 Å². The maximum Gasteiger partial charge on any atom is 0.319 e. The lowest BCUT2D eigenvalue weighted by atomic mass is 9.97. The number of anilines is 1. The number of hydrogen-bond acceptors (Lipinski definition) is 8. The first-order valence-electron chi connectivity index (χ1n) is 15.7. The maximum atomic E-state index is 15.1. The summed E-state index contributed by atoms with van der Waals surface area (Å²) in [5.74, 6) is -0.365. The van der Waals surface area contributed by atoms with Gasteiger partial charge in [-0.3, -0.25) is 19.7 Å². The van der Waals surface area contributed by atoms with Gasteiger partial charge in [0.2, 0.25) is 5.91 Å². The molecule has 1 aromatic carbocycles. The number of aromatic nitrogens is 1. The average molecular weight is 646 g/mol. The standard InChI is InChI=1S/C34H40FN7O3S/c1-34(45-29-11-9-25(19-26(29)35)39-33(44)38-24-7-8-24)12-13-36-28-20-30(46-32(28)34)27-10-6-23(21-37-27)22-41-15-17-42(18-16-41)31(43)5-4-14-40(2)3/h4-6,9-11,13,19-21,24H,7-8,12,14-18,22H2,1-3H3,(H2,38,39,44). The Balaban J connectivity index is 1.06. The van der Waals surface area contributed by atoms with Gasteiger partial charge < -0.3 is 25.2 Å². The molecule has 6 rings (SSSR count). The predicted octanol–water partition coefficient (Wildman–Crippen LogP) is 5.40. The van der Waals surface area contributed by atoms with Crippen molar-refractivity contribution in [3.63, 3.8) is 0 Å². The van der Waals surface area contributed by atoms with Crippen molar-refractivity contribution in [1.29, 1.82) is 0 Å². The quantitative estimate of drug-likeness (QED) is 0.287. The van der Waals surface area contributed by atoms with Gasteiger partial charge in [-0.25, -0.2) is 9.18 Å². The lowest BCUT2D eigenvalue weighted by Gasteiger charge is -2.34. The fraction of sp³-hybridized carbons (Fsp3) is 0.412. The summed E-state index contributed by atoms with van der Waals surface area (Å²) in [5.41, 5.74) is 2.30. The maximum absolute atomic E-state index is 15.1. The van der Waals surface area contributed by atoms with Crippen LogP contribution in [-0.2, 0) is 16.9 Å². The zero-order valence-corrected chi connectivity index (χ0v) is 27.3. The largest absolute Gasteiger partial charge is 0.478 e. The van der Waals surface area contributed by atoms with Gasteiger partial charge in [0.05, 0.1) is 21.1 Å². The number of pyridine rings is 1. The summed E-state index contributed by atoms with van der Waals surface area (Å²) in [7, 11) is 3.96. The summed E-state index contributed by atoms with van der Waals surface area (Å²) in [4.78, 5) is 42.0. The van der Waals surface area contributed by atoms with Crippen molar-refractivity contribution in [1.82, 2.24) is 25.0 Å². The number of nitrogens with zero attached hydrogens (tertiary/aromatic N) is 5. The SMILES string of the molecule is CN(C)CC=CC(=O)N1CCN(Cc2ccc(-c3cc4c(s3)C(C)(Oc3ccc(NC(=O)NC5CC5)cc3F)CC=N4)nc2)CC1. The van der Waals surface area contributed by atoms with Gasteiger partial charge in [-0.15, -0.1) is 11.3 Å². The minimum Gasteiger partial charge on any atom is -0.478 e. The topological polar surface area (TPSA) is 102 Å². The van der Waals surface area contributed by atoms with E-state index in [4.69, 9.17) is 9.72 Å². The number of fused-ring (bicyclic) bond motifs is 1. The highest BCUT2D eigenvalue weighted by Crippen LogP contribution is 2.47. The minimum absolute atomic E-state index is 0.0715. The fourth-order valence-corrected chi connectivity index (χ4v) is 6.66. The Hall–Kier alpha value is -4.13. The molecule has 1 saturated carbocycles. The molecule has 1 saturated heterocycles. The van der Waals surface area contributed by atoms with E-state index in [1.54, 1.807) is 35.8 Å². The van der Waals surface area contributed by atoms with E-state index < -0.39 is 11.4 Å². The number of thiophene rings is 1. The summed E-state index contributed by atoms with van der Waals surface area (Å²) in [5, 5.41) is 5.51. The molecule has 3 aromatic rings. The third kappa shape index (κ3) is 7.80. The number of ether oxygens (including phenoxy) is 1. The van der Waals surface area contributed by atoms with Crippen LogP contribution in [0.5, 0.6) is 5.75 Å². The van der Waals surface area contributed by atoms with E-state index in [0.717, 1.165) is 65.7 Å². The number of amides is 3. The second kappa shape index (κ2) is 13.7. The van der Waals surface area contributed by atoms with Gasteiger partial charge in [0, 0.05) is 82.0 Å². The molecule has 0 bridgehead atoms. The number of carbonyl (C=O) groups excluding carboxylic acids is 2. The van der Waals surface area contributed by atoms with Crippen molar-refractivity contribution in [3.05, 3.63) is 71.0 Å². The molecule has 4 heterocycles. The molecule has 2 aliphatic heterocycles. The monoisotopic (exact) mass is 645 g/mol. The highest BCUT2D eigenvalue weighted by molar-refractivity contribution is 7.16. The Morgan fingerprint density at radius 1 is 1.15 bits per heavy atom. The van der Waals surface area contributed by atoms with Crippen LogP contribution >= 0.6 is 11.3 Å². The number of likely N-dealkylation sites (N-methyl/N-ethyl adjacent to an activating group) is 1. The zero-order chi connectivity index (χ0) is 32.3. The third-order valence-electron chi connectivity index (χ3n) is 8.24. The Morgan fingerprint density at radius 3 is 2.65 bits per heavy atom. The molecule has 1 aliphatic carbocycles. The fourth-order valence-electron chi connectivity index (χ4n) is 5.48. The van der Waals surface area contributed by atoms with Crippen LogP contribution in [0.25, 0.3) is 10.6 Å². The van der Waals surface area contributed by atoms with Crippen LogP contribution in [0.1, 0.15) is 36.6 Å². The highest BCUT2D eigenvalue weighted by atomic mass is 32.1. The molecule has 2 fully saturated rings. The molecule has 1 atom stereocenters. The predicted molar refractivity (Wildman–Crippen MR) is 179 cm³/mol. The van der Waals surface area contributed by atoms with Gasteiger partial charge in [-0.1, -0.05) is 12.1 Å². The van der Waals surface area contributed by atoms with Crippen LogP contribution in [0, 0.1) is 5.82 Å². The van der Waals surface area contributed by atoms with Crippen molar-refractivity contribution in [2.45, 2.75) is 44.4 Å². The molecule has 3 aliphatic rings. The Morgan fingerprint density at radius 2 is 1.96 bits per heavy atom.